The number of anilines is 2. The summed E-state index contributed by atoms with van der Waals surface area (Å²) in [4.78, 5) is 12.7. The van der Waals surface area contributed by atoms with E-state index >= 15 is 0 Å². The first kappa shape index (κ1) is 21.6. The van der Waals surface area contributed by atoms with E-state index in [1.165, 1.54) is 4.31 Å². The minimum Gasteiger partial charge on any atom is -0.326 e. The van der Waals surface area contributed by atoms with Gasteiger partial charge in [-0.2, -0.15) is 0 Å². The fourth-order valence-electron chi connectivity index (χ4n) is 3.00. The molecular weight excluding hydrogens is 396 g/mol. The summed E-state index contributed by atoms with van der Waals surface area (Å²) < 4.78 is 28.0. The number of amides is 1. The molecule has 3 rings (SSSR count). The summed E-state index contributed by atoms with van der Waals surface area (Å²) in [6.07, 6.45) is 0.0346. The van der Waals surface area contributed by atoms with Gasteiger partial charge in [-0.3, -0.25) is 9.10 Å². The molecule has 0 aromatic heterocycles. The van der Waals surface area contributed by atoms with Gasteiger partial charge in [-0.25, -0.2) is 8.42 Å². The molecule has 1 amide bonds. The normalized spacial score (nSPS) is 11.2. The Labute approximate surface area is 178 Å². The summed E-state index contributed by atoms with van der Waals surface area (Å²) in [5.41, 5.74) is 4.33. The molecule has 5 nitrogen and oxygen atoms in total. The van der Waals surface area contributed by atoms with Crippen molar-refractivity contribution < 1.29 is 13.2 Å². The van der Waals surface area contributed by atoms with Crippen LogP contribution in [0.15, 0.2) is 77.7 Å². The molecule has 0 saturated carbocycles. The van der Waals surface area contributed by atoms with Gasteiger partial charge in [0.1, 0.15) is 0 Å². The molecule has 0 radical (unpaired) electrons. The van der Waals surface area contributed by atoms with Crippen LogP contribution in [0.2, 0.25) is 0 Å². The molecular formula is C24H26N2O3S. The molecule has 30 heavy (non-hydrogen) atoms. The molecule has 0 saturated heterocycles. The van der Waals surface area contributed by atoms with E-state index in [2.05, 4.69) is 5.32 Å². The smallest absolute Gasteiger partial charge is 0.264 e. The van der Waals surface area contributed by atoms with Gasteiger partial charge >= 0.3 is 0 Å². The predicted octanol–water partition coefficient (Wildman–Crippen LogP) is 4.84. The number of carbonyl (C=O) groups excluding carboxylic acids is 1. The number of hydrogen-bond donors (Lipinski definition) is 1. The Bertz CT molecular complexity index is 1100. The highest BCUT2D eigenvalue weighted by molar-refractivity contribution is 7.92. The maximum atomic E-state index is 13.3. The first-order valence-corrected chi connectivity index (χ1v) is 11.2. The maximum absolute atomic E-state index is 13.3. The van der Waals surface area contributed by atoms with Crippen LogP contribution in [0.4, 0.5) is 11.4 Å². The molecule has 0 atom stereocenters. The van der Waals surface area contributed by atoms with Crippen LogP contribution in [0.1, 0.15) is 23.1 Å². The lowest BCUT2D eigenvalue weighted by Crippen LogP contribution is -2.34. The Balaban J connectivity index is 1.82. The second kappa shape index (κ2) is 9.13. The monoisotopic (exact) mass is 422 g/mol. The minimum absolute atomic E-state index is 0.0346. The first-order chi connectivity index (χ1) is 14.3. The average Bonchev–Trinajstić information content (AvgIpc) is 2.71. The Kier molecular flexibility index (Phi) is 6.57. The van der Waals surface area contributed by atoms with Crippen molar-refractivity contribution in [3.8, 4) is 0 Å². The number of carbonyl (C=O) groups is 1. The van der Waals surface area contributed by atoms with Gasteiger partial charge in [0.05, 0.1) is 10.6 Å². The van der Waals surface area contributed by atoms with Crippen molar-refractivity contribution in [2.24, 2.45) is 0 Å². The molecule has 1 N–H and O–H groups in total. The van der Waals surface area contributed by atoms with E-state index < -0.39 is 10.0 Å². The molecule has 156 valence electrons. The molecule has 6 heteroatoms. The van der Waals surface area contributed by atoms with Gasteiger partial charge in [0.25, 0.3) is 10.0 Å². The Morgan fingerprint density at radius 1 is 0.767 bits per heavy atom. The lowest BCUT2D eigenvalue weighted by molar-refractivity contribution is -0.116. The van der Waals surface area contributed by atoms with Crippen LogP contribution in [0.3, 0.4) is 0 Å². The van der Waals surface area contributed by atoms with Crippen molar-refractivity contribution in [3.63, 3.8) is 0 Å². The van der Waals surface area contributed by atoms with Gasteiger partial charge in [-0.15, -0.1) is 0 Å². The van der Waals surface area contributed by atoms with Gasteiger partial charge in [0, 0.05) is 18.7 Å². The lowest BCUT2D eigenvalue weighted by atomic mass is 10.2. The largest absolute Gasteiger partial charge is 0.326 e. The third kappa shape index (κ3) is 5.27. The second-order valence-electron chi connectivity index (χ2n) is 7.39. The number of hydrogen-bond acceptors (Lipinski definition) is 3. The number of benzene rings is 3. The predicted molar refractivity (Wildman–Crippen MR) is 121 cm³/mol. The van der Waals surface area contributed by atoms with E-state index in [0.29, 0.717) is 11.4 Å². The van der Waals surface area contributed by atoms with Crippen LogP contribution >= 0.6 is 0 Å². The summed E-state index contributed by atoms with van der Waals surface area (Å²) in [5, 5.41) is 2.82. The lowest BCUT2D eigenvalue weighted by Gasteiger charge is -2.24. The van der Waals surface area contributed by atoms with E-state index in [-0.39, 0.29) is 23.8 Å². The zero-order valence-electron chi connectivity index (χ0n) is 17.4. The second-order valence-corrected chi connectivity index (χ2v) is 9.25. The fourth-order valence-corrected chi connectivity index (χ4v) is 4.47. The van der Waals surface area contributed by atoms with E-state index in [0.717, 1.165) is 16.7 Å². The van der Waals surface area contributed by atoms with Crippen LogP contribution in [-0.4, -0.2) is 20.9 Å². The Morgan fingerprint density at radius 3 is 1.77 bits per heavy atom. The quantitative estimate of drug-likeness (QED) is 0.593. The standard InChI is InChI=1S/C24H26N2O3S/c1-18-4-10-21(11-5-18)25-24(27)16-17-26(22-12-6-19(2)7-13-22)30(28,29)23-14-8-20(3)9-15-23/h4-15H,16-17H2,1-3H3,(H,25,27). The Hall–Kier alpha value is -3.12. The zero-order chi connectivity index (χ0) is 21.7. The van der Waals surface area contributed by atoms with Crippen LogP contribution in [0.5, 0.6) is 0 Å². The van der Waals surface area contributed by atoms with E-state index in [1.807, 2.05) is 57.2 Å². The van der Waals surface area contributed by atoms with E-state index in [4.69, 9.17) is 0 Å². The van der Waals surface area contributed by atoms with Crippen LogP contribution in [0, 0.1) is 20.8 Å². The number of nitrogens with zero attached hydrogens (tertiary/aromatic N) is 1. The molecule has 3 aromatic carbocycles. The van der Waals surface area contributed by atoms with E-state index in [1.54, 1.807) is 36.4 Å². The molecule has 0 aliphatic heterocycles. The van der Waals surface area contributed by atoms with Crippen molar-refractivity contribution in [1.29, 1.82) is 0 Å². The topological polar surface area (TPSA) is 66.5 Å². The highest BCUT2D eigenvalue weighted by Gasteiger charge is 2.25. The van der Waals surface area contributed by atoms with Gasteiger partial charge in [-0.1, -0.05) is 53.1 Å². The fraction of sp³-hybridized carbons (Fsp3) is 0.208. The molecule has 0 aliphatic carbocycles. The SMILES string of the molecule is Cc1ccc(NC(=O)CCN(c2ccc(C)cc2)S(=O)(=O)c2ccc(C)cc2)cc1. The van der Waals surface area contributed by atoms with Gasteiger partial charge < -0.3 is 5.32 Å². The number of aryl methyl sites for hydroxylation is 3. The summed E-state index contributed by atoms with van der Waals surface area (Å²) in [5.74, 6) is -0.241. The summed E-state index contributed by atoms with van der Waals surface area (Å²) in [6, 6.07) is 21.5. The molecule has 0 heterocycles. The number of rotatable bonds is 7. The average molecular weight is 423 g/mol. The maximum Gasteiger partial charge on any atom is 0.264 e. The molecule has 0 unspecified atom stereocenters. The summed E-state index contributed by atoms with van der Waals surface area (Å²) >= 11 is 0. The van der Waals surface area contributed by atoms with Crippen molar-refractivity contribution in [3.05, 3.63) is 89.5 Å². The highest BCUT2D eigenvalue weighted by Crippen LogP contribution is 2.25. The number of sulfonamides is 1. The van der Waals surface area contributed by atoms with Crippen LogP contribution < -0.4 is 9.62 Å². The molecule has 0 fully saturated rings. The van der Waals surface area contributed by atoms with Crippen LogP contribution in [0.25, 0.3) is 0 Å². The minimum atomic E-state index is -3.80. The van der Waals surface area contributed by atoms with Gasteiger partial charge in [0.2, 0.25) is 5.91 Å². The van der Waals surface area contributed by atoms with Crippen LogP contribution in [-0.2, 0) is 14.8 Å². The Morgan fingerprint density at radius 2 is 1.23 bits per heavy atom. The summed E-state index contributed by atoms with van der Waals surface area (Å²) in [7, 11) is -3.80. The van der Waals surface area contributed by atoms with Crippen molar-refractivity contribution >= 4 is 27.3 Å². The summed E-state index contributed by atoms with van der Waals surface area (Å²) in [6.45, 7) is 5.86. The molecule has 0 bridgehead atoms. The third-order valence-corrected chi connectivity index (χ3v) is 6.65. The van der Waals surface area contributed by atoms with Crippen molar-refractivity contribution in [2.45, 2.75) is 32.1 Å². The zero-order valence-corrected chi connectivity index (χ0v) is 18.2. The van der Waals surface area contributed by atoms with Gasteiger partial charge in [-0.05, 0) is 57.2 Å². The van der Waals surface area contributed by atoms with E-state index in [9.17, 15) is 13.2 Å². The first-order valence-electron chi connectivity index (χ1n) is 9.78. The highest BCUT2D eigenvalue weighted by atomic mass is 32.2. The molecule has 0 spiro atoms. The van der Waals surface area contributed by atoms with Gasteiger partial charge in [0.15, 0.2) is 0 Å². The molecule has 0 aliphatic rings. The third-order valence-electron chi connectivity index (χ3n) is 4.81. The molecule has 3 aromatic rings. The number of nitrogens with one attached hydrogen (secondary N) is 1. The van der Waals surface area contributed by atoms with Crippen molar-refractivity contribution in [1.82, 2.24) is 0 Å². The van der Waals surface area contributed by atoms with Crippen molar-refractivity contribution in [2.75, 3.05) is 16.2 Å².